The van der Waals surface area contributed by atoms with Crippen molar-refractivity contribution in [1.82, 2.24) is 9.88 Å². The molecular weight excluding hydrogens is 410 g/mol. The normalized spacial score (nSPS) is 15.5. The second-order valence-electron chi connectivity index (χ2n) is 7.42. The minimum atomic E-state index is -1.03. The Balaban J connectivity index is 1.73. The third kappa shape index (κ3) is 4.29. The predicted molar refractivity (Wildman–Crippen MR) is 117 cm³/mol. The van der Waals surface area contributed by atoms with E-state index in [9.17, 15) is 14.4 Å². The lowest BCUT2D eigenvalue weighted by Crippen LogP contribution is -2.46. The molecule has 1 aromatic heterocycles. The number of methoxy groups -OCH3 is 1. The quantitative estimate of drug-likeness (QED) is 0.621. The number of anilines is 1. The third-order valence-electron chi connectivity index (χ3n) is 5.36. The van der Waals surface area contributed by atoms with Crippen LogP contribution in [0.1, 0.15) is 31.8 Å². The predicted octanol–water partition coefficient (Wildman–Crippen LogP) is 2.99. The Bertz CT molecular complexity index is 1160. The van der Waals surface area contributed by atoms with Gasteiger partial charge >= 0.3 is 5.97 Å². The van der Waals surface area contributed by atoms with E-state index in [0.717, 1.165) is 5.56 Å². The third-order valence-corrected chi connectivity index (χ3v) is 5.36. The van der Waals surface area contributed by atoms with E-state index in [0.29, 0.717) is 22.6 Å². The number of benzene rings is 2. The number of carbonyl (C=O) groups is 3. The summed E-state index contributed by atoms with van der Waals surface area (Å²) < 4.78 is 5.23. The molecule has 8 nitrogen and oxygen atoms in total. The standard InChI is InChI=1S/C24H21N3O5/c1-32-18-8-9-19-20(12-18)26-22(28)21(11-16-3-2-10-25-13-16)27(23(19)29)14-15-4-6-17(7-5-15)24(30)31/h2-10,12-13,21H,11,14H2,1H3,(H,26,28)(H,30,31)/t21-/m1/s1. The molecule has 8 heteroatoms. The molecular formula is C24H21N3O5. The maximum Gasteiger partial charge on any atom is 0.335 e. The van der Waals surface area contributed by atoms with Crippen molar-refractivity contribution in [3.63, 3.8) is 0 Å². The summed E-state index contributed by atoms with van der Waals surface area (Å²) in [6, 6.07) is 14.0. The van der Waals surface area contributed by atoms with Crippen LogP contribution in [0.3, 0.4) is 0 Å². The van der Waals surface area contributed by atoms with Crippen LogP contribution in [0.25, 0.3) is 0 Å². The molecule has 1 aliphatic rings. The number of fused-ring (bicyclic) bond motifs is 1. The van der Waals surface area contributed by atoms with E-state index in [1.165, 1.54) is 24.1 Å². The van der Waals surface area contributed by atoms with Gasteiger partial charge < -0.3 is 20.1 Å². The van der Waals surface area contributed by atoms with Crippen LogP contribution in [0.2, 0.25) is 0 Å². The van der Waals surface area contributed by atoms with E-state index in [4.69, 9.17) is 9.84 Å². The molecule has 4 rings (SSSR count). The summed E-state index contributed by atoms with van der Waals surface area (Å²) in [5.41, 5.74) is 2.42. The number of aromatic carboxylic acids is 1. The largest absolute Gasteiger partial charge is 0.497 e. The Morgan fingerprint density at radius 3 is 2.56 bits per heavy atom. The fourth-order valence-electron chi connectivity index (χ4n) is 3.67. The highest BCUT2D eigenvalue weighted by molar-refractivity contribution is 6.10. The highest BCUT2D eigenvalue weighted by Crippen LogP contribution is 2.29. The van der Waals surface area contributed by atoms with Crippen LogP contribution >= 0.6 is 0 Å². The molecule has 3 aromatic rings. The van der Waals surface area contributed by atoms with Gasteiger partial charge in [-0.05, 0) is 41.5 Å². The SMILES string of the molecule is COc1ccc2c(c1)NC(=O)[C@@H](Cc1cccnc1)N(Cc1ccc(C(=O)O)cc1)C2=O. The van der Waals surface area contributed by atoms with Gasteiger partial charge in [0.05, 0.1) is 23.9 Å². The number of ether oxygens (including phenoxy) is 1. The number of amides is 2. The van der Waals surface area contributed by atoms with Crippen molar-refractivity contribution >= 4 is 23.5 Å². The number of carboxylic acid groups (broad SMARTS) is 1. The summed E-state index contributed by atoms with van der Waals surface area (Å²) in [4.78, 5) is 43.5. The Morgan fingerprint density at radius 1 is 1.12 bits per heavy atom. The summed E-state index contributed by atoms with van der Waals surface area (Å²) in [5.74, 6) is -1.13. The van der Waals surface area contributed by atoms with Crippen molar-refractivity contribution in [2.24, 2.45) is 0 Å². The fraction of sp³-hybridized carbons (Fsp3) is 0.167. The van der Waals surface area contributed by atoms with Gasteiger partial charge in [-0.25, -0.2) is 4.79 Å². The van der Waals surface area contributed by atoms with E-state index in [1.54, 1.807) is 48.8 Å². The zero-order valence-electron chi connectivity index (χ0n) is 17.3. The molecule has 0 unspecified atom stereocenters. The summed E-state index contributed by atoms with van der Waals surface area (Å²) >= 11 is 0. The molecule has 2 aromatic carbocycles. The summed E-state index contributed by atoms with van der Waals surface area (Å²) in [6.45, 7) is 0.141. The fourth-order valence-corrected chi connectivity index (χ4v) is 3.67. The molecule has 0 spiro atoms. The van der Waals surface area contributed by atoms with Gasteiger partial charge in [-0.3, -0.25) is 14.6 Å². The van der Waals surface area contributed by atoms with Crippen LogP contribution in [0.15, 0.2) is 67.0 Å². The molecule has 2 amide bonds. The highest BCUT2D eigenvalue weighted by atomic mass is 16.5. The van der Waals surface area contributed by atoms with Gasteiger partial charge in [0, 0.05) is 31.4 Å². The van der Waals surface area contributed by atoms with Crippen molar-refractivity contribution in [1.29, 1.82) is 0 Å². The maximum absolute atomic E-state index is 13.5. The van der Waals surface area contributed by atoms with Crippen molar-refractivity contribution < 1.29 is 24.2 Å². The molecule has 2 N–H and O–H groups in total. The summed E-state index contributed by atoms with van der Waals surface area (Å²) in [5, 5.41) is 12.0. The van der Waals surface area contributed by atoms with E-state index in [-0.39, 0.29) is 30.3 Å². The van der Waals surface area contributed by atoms with Gasteiger partial charge in [0.15, 0.2) is 0 Å². The minimum absolute atomic E-state index is 0.141. The van der Waals surface area contributed by atoms with E-state index in [1.807, 2.05) is 6.07 Å². The van der Waals surface area contributed by atoms with Gasteiger partial charge in [-0.15, -0.1) is 0 Å². The lowest BCUT2D eigenvalue weighted by molar-refractivity contribution is -0.120. The number of rotatable bonds is 6. The average Bonchev–Trinajstić information content (AvgIpc) is 2.90. The number of carboxylic acids is 1. The second-order valence-corrected chi connectivity index (χ2v) is 7.42. The zero-order valence-corrected chi connectivity index (χ0v) is 17.3. The molecule has 32 heavy (non-hydrogen) atoms. The van der Waals surface area contributed by atoms with Crippen LogP contribution in [-0.2, 0) is 17.8 Å². The van der Waals surface area contributed by atoms with Crippen LogP contribution in [0, 0.1) is 0 Å². The number of nitrogens with one attached hydrogen (secondary N) is 1. The van der Waals surface area contributed by atoms with Gasteiger partial charge in [-0.1, -0.05) is 18.2 Å². The van der Waals surface area contributed by atoms with Gasteiger partial charge in [0.2, 0.25) is 5.91 Å². The number of hydrogen-bond acceptors (Lipinski definition) is 5. The second kappa shape index (κ2) is 8.89. The first-order chi connectivity index (χ1) is 15.5. The van der Waals surface area contributed by atoms with E-state index in [2.05, 4.69) is 10.3 Å². The van der Waals surface area contributed by atoms with Crippen molar-refractivity contribution in [2.45, 2.75) is 19.0 Å². The molecule has 1 aliphatic heterocycles. The molecule has 0 bridgehead atoms. The Hall–Kier alpha value is -4.20. The van der Waals surface area contributed by atoms with Crippen LogP contribution in [0.5, 0.6) is 5.75 Å². The van der Waals surface area contributed by atoms with Crippen molar-refractivity contribution in [2.75, 3.05) is 12.4 Å². The lowest BCUT2D eigenvalue weighted by atomic mass is 10.0. The summed E-state index contributed by atoms with van der Waals surface area (Å²) in [6.07, 6.45) is 3.59. The molecule has 0 radical (unpaired) electrons. The zero-order chi connectivity index (χ0) is 22.7. The molecule has 2 heterocycles. The molecule has 0 aliphatic carbocycles. The highest BCUT2D eigenvalue weighted by Gasteiger charge is 2.35. The number of pyridine rings is 1. The summed E-state index contributed by atoms with van der Waals surface area (Å²) in [7, 11) is 1.51. The number of aromatic nitrogens is 1. The Morgan fingerprint density at radius 2 is 1.91 bits per heavy atom. The number of hydrogen-bond donors (Lipinski definition) is 2. The van der Waals surface area contributed by atoms with Crippen molar-refractivity contribution in [3.8, 4) is 5.75 Å². The van der Waals surface area contributed by atoms with Crippen LogP contribution in [-0.4, -0.2) is 45.9 Å². The average molecular weight is 431 g/mol. The van der Waals surface area contributed by atoms with Crippen molar-refractivity contribution in [3.05, 3.63) is 89.2 Å². The minimum Gasteiger partial charge on any atom is -0.497 e. The monoisotopic (exact) mass is 431 g/mol. The van der Waals surface area contributed by atoms with Gasteiger partial charge in [0.1, 0.15) is 11.8 Å². The lowest BCUT2D eigenvalue weighted by Gasteiger charge is -2.29. The molecule has 0 saturated heterocycles. The smallest absolute Gasteiger partial charge is 0.335 e. The topological polar surface area (TPSA) is 109 Å². The van der Waals surface area contributed by atoms with Crippen LogP contribution < -0.4 is 10.1 Å². The molecule has 162 valence electrons. The van der Waals surface area contributed by atoms with Crippen LogP contribution in [0.4, 0.5) is 5.69 Å². The van der Waals surface area contributed by atoms with Gasteiger partial charge in [0.25, 0.3) is 5.91 Å². The molecule has 1 atom stereocenters. The molecule has 0 fully saturated rings. The first kappa shape index (κ1) is 21.0. The number of nitrogens with zero attached hydrogens (tertiary/aromatic N) is 2. The Labute approximate surface area is 184 Å². The van der Waals surface area contributed by atoms with Gasteiger partial charge in [-0.2, -0.15) is 0 Å². The Kier molecular flexibility index (Phi) is 5.85. The first-order valence-electron chi connectivity index (χ1n) is 9.97. The first-order valence-corrected chi connectivity index (χ1v) is 9.97. The van der Waals surface area contributed by atoms with E-state index >= 15 is 0 Å². The number of carbonyl (C=O) groups excluding carboxylic acids is 2. The van der Waals surface area contributed by atoms with E-state index < -0.39 is 12.0 Å². The molecule has 0 saturated carbocycles. The maximum atomic E-state index is 13.5.